The summed E-state index contributed by atoms with van der Waals surface area (Å²) in [4.78, 5) is 3.05. The number of hydrogen-bond acceptors (Lipinski definition) is 4. The molecule has 1 fully saturated rings. The monoisotopic (exact) mass is 355 g/mol. The summed E-state index contributed by atoms with van der Waals surface area (Å²) in [5.41, 5.74) is 3.87. The second-order valence-electron chi connectivity index (χ2n) is 7.91. The minimum atomic E-state index is 0.00857. The number of hydrogen-bond donors (Lipinski definition) is 3. The van der Waals surface area contributed by atoms with Crippen molar-refractivity contribution in [2.24, 2.45) is 0 Å². The third-order valence-corrected chi connectivity index (χ3v) is 7.74. The van der Waals surface area contributed by atoms with E-state index in [2.05, 4.69) is 11.4 Å². The van der Waals surface area contributed by atoms with Crippen LogP contribution in [-0.4, -0.2) is 16.3 Å². The van der Waals surface area contributed by atoms with E-state index in [-0.39, 0.29) is 11.5 Å². The molecule has 3 aliphatic rings. The number of aromatic hydroxyl groups is 2. The van der Waals surface area contributed by atoms with Gasteiger partial charge in [-0.2, -0.15) is 0 Å². The standard InChI is InChI=1S/C21H25NO2S/c23-17-8-13-6-7-16-21(14(13)9-18(17)24)15-10-19(25-20(15)11-22-16)12-4-2-1-3-5-12/h8-10,12,16,21-24H,1-7,11H2. The largest absolute Gasteiger partial charge is 0.504 e. The van der Waals surface area contributed by atoms with Crippen LogP contribution in [0.5, 0.6) is 11.5 Å². The molecule has 0 radical (unpaired) electrons. The summed E-state index contributed by atoms with van der Waals surface area (Å²) in [6.07, 6.45) is 8.87. The summed E-state index contributed by atoms with van der Waals surface area (Å²) in [6.45, 7) is 0.979. The maximum Gasteiger partial charge on any atom is 0.157 e. The summed E-state index contributed by atoms with van der Waals surface area (Å²) < 4.78 is 0. The van der Waals surface area contributed by atoms with E-state index in [0.29, 0.717) is 12.0 Å². The number of fused-ring (bicyclic) bond motifs is 5. The van der Waals surface area contributed by atoms with Crippen LogP contribution in [0.3, 0.4) is 0 Å². The molecule has 132 valence electrons. The van der Waals surface area contributed by atoms with Crippen LogP contribution in [0.4, 0.5) is 0 Å². The summed E-state index contributed by atoms with van der Waals surface area (Å²) in [5.74, 6) is 1.08. The van der Waals surface area contributed by atoms with Crippen molar-refractivity contribution in [2.75, 3.05) is 0 Å². The zero-order chi connectivity index (χ0) is 17.0. The Morgan fingerprint density at radius 1 is 0.920 bits per heavy atom. The van der Waals surface area contributed by atoms with Crippen LogP contribution < -0.4 is 5.32 Å². The highest BCUT2D eigenvalue weighted by molar-refractivity contribution is 7.12. The Balaban J connectivity index is 1.57. The van der Waals surface area contributed by atoms with E-state index in [1.807, 2.05) is 11.3 Å². The van der Waals surface area contributed by atoms with Crippen molar-refractivity contribution >= 4 is 11.3 Å². The first-order valence-corrected chi connectivity index (χ1v) is 10.4. The summed E-state index contributed by atoms with van der Waals surface area (Å²) >= 11 is 2.01. The molecule has 4 heteroatoms. The van der Waals surface area contributed by atoms with Crippen molar-refractivity contribution in [1.29, 1.82) is 0 Å². The first-order valence-electron chi connectivity index (χ1n) is 9.61. The molecule has 1 saturated carbocycles. The zero-order valence-corrected chi connectivity index (χ0v) is 15.2. The van der Waals surface area contributed by atoms with E-state index in [4.69, 9.17) is 0 Å². The Hall–Kier alpha value is -1.52. The molecule has 5 rings (SSSR count). The number of phenols is 2. The second-order valence-corrected chi connectivity index (χ2v) is 9.07. The van der Waals surface area contributed by atoms with Crippen LogP contribution >= 0.6 is 11.3 Å². The Labute approximate surface area is 152 Å². The Morgan fingerprint density at radius 2 is 1.72 bits per heavy atom. The van der Waals surface area contributed by atoms with E-state index in [1.54, 1.807) is 17.0 Å². The van der Waals surface area contributed by atoms with Gasteiger partial charge in [-0.3, -0.25) is 0 Å². The lowest BCUT2D eigenvalue weighted by atomic mass is 9.73. The van der Waals surface area contributed by atoms with Crippen LogP contribution in [0.2, 0.25) is 0 Å². The number of thiophene rings is 1. The third-order valence-electron chi connectivity index (χ3n) is 6.43. The lowest BCUT2D eigenvalue weighted by Gasteiger charge is -2.38. The van der Waals surface area contributed by atoms with Crippen LogP contribution in [0.25, 0.3) is 0 Å². The first kappa shape index (κ1) is 15.7. The van der Waals surface area contributed by atoms with Gasteiger partial charge in [-0.25, -0.2) is 0 Å². The summed E-state index contributed by atoms with van der Waals surface area (Å²) in [7, 11) is 0. The normalized spacial score (nSPS) is 25.9. The molecule has 2 heterocycles. The van der Waals surface area contributed by atoms with E-state index in [9.17, 15) is 10.2 Å². The smallest absolute Gasteiger partial charge is 0.157 e. The Morgan fingerprint density at radius 3 is 2.56 bits per heavy atom. The van der Waals surface area contributed by atoms with Gasteiger partial charge in [0, 0.05) is 28.3 Å². The zero-order valence-electron chi connectivity index (χ0n) is 14.4. The summed E-state index contributed by atoms with van der Waals surface area (Å²) in [5, 5.41) is 23.7. The number of aryl methyl sites for hydroxylation is 1. The topological polar surface area (TPSA) is 52.5 Å². The fraction of sp³-hybridized carbons (Fsp3) is 0.524. The molecule has 0 amide bonds. The molecule has 0 saturated heterocycles. The van der Waals surface area contributed by atoms with E-state index < -0.39 is 0 Å². The van der Waals surface area contributed by atoms with Crippen molar-refractivity contribution in [2.45, 2.75) is 69.4 Å². The SMILES string of the molecule is Oc1cc2c(cc1O)C1c3cc(C4CCCCC4)sc3CNC1CC2. The molecule has 2 aromatic rings. The average molecular weight is 356 g/mol. The van der Waals surface area contributed by atoms with Crippen LogP contribution in [0, 0.1) is 0 Å². The minimum absolute atomic E-state index is 0.00857. The second kappa shape index (κ2) is 6.03. The van der Waals surface area contributed by atoms with Gasteiger partial charge in [0.05, 0.1) is 0 Å². The van der Waals surface area contributed by atoms with Gasteiger partial charge in [0.15, 0.2) is 11.5 Å². The molecule has 1 aliphatic heterocycles. The van der Waals surface area contributed by atoms with Gasteiger partial charge in [-0.05, 0) is 66.5 Å². The van der Waals surface area contributed by atoms with Crippen LogP contribution in [0.15, 0.2) is 18.2 Å². The van der Waals surface area contributed by atoms with Gasteiger partial charge in [0.2, 0.25) is 0 Å². The molecular weight excluding hydrogens is 330 g/mol. The molecule has 1 aromatic heterocycles. The first-order chi connectivity index (χ1) is 12.2. The highest BCUT2D eigenvalue weighted by Gasteiger charge is 2.37. The molecule has 0 spiro atoms. The fourth-order valence-electron chi connectivity index (χ4n) is 5.12. The molecule has 2 aliphatic carbocycles. The Bertz CT molecular complexity index is 806. The number of nitrogens with one attached hydrogen (secondary N) is 1. The van der Waals surface area contributed by atoms with E-state index >= 15 is 0 Å². The predicted octanol–water partition coefficient (Wildman–Crippen LogP) is 4.76. The maximum absolute atomic E-state index is 10.1. The number of phenolic OH excluding ortho intramolecular Hbond substituents is 2. The lowest BCUT2D eigenvalue weighted by molar-refractivity contribution is 0.382. The van der Waals surface area contributed by atoms with Crippen molar-refractivity contribution in [3.05, 3.63) is 44.6 Å². The highest BCUT2D eigenvalue weighted by Crippen LogP contribution is 2.48. The molecule has 3 N–H and O–H groups in total. The molecule has 1 aromatic carbocycles. The van der Waals surface area contributed by atoms with Crippen LogP contribution in [0.1, 0.15) is 76.8 Å². The summed E-state index contributed by atoms with van der Waals surface area (Å²) in [6, 6.07) is 6.49. The minimum Gasteiger partial charge on any atom is -0.504 e. The van der Waals surface area contributed by atoms with Gasteiger partial charge in [-0.1, -0.05) is 19.3 Å². The van der Waals surface area contributed by atoms with Crippen molar-refractivity contribution in [1.82, 2.24) is 5.32 Å². The van der Waals surface area contributed by atoms with Gasteiger partial charge in [-0.15, -0.1) is 11.3 Å². The quantitative estimate of drug-likeness (QED) is 0.647. The number of rotatable bonds is 1. The molecule has 0 bridgehead atoms. The van der Waals surface area contributed by atoms with E-state index in [1.165, 1.54) is 53.7 Å². The highest BCUT2D eigenvalue weighted by atomic mass is 32.1. The van der Waals surface area contributed by atoms with Gasteiger partial charge in [0.1, 0.15) is 0 Å². The number of benzene rings is 1. The van der Waals surface area contributed by atoms with E-state index in [0.717, 1.165) is 25.3 Å². The average Bonchev–Trinajstić information content (AvgIpc) is 3.07. The van der Waals surface area contributed by atoms with Crippen LogP contribution in [-0.2, 0) is 13.0 Å². The third kappa shape index (κ3) is 2.58. The van der Waals surface area contributed by atoms with Crippen molar-refractivity contribution < 1.29 is 10.2 Å². The van der Waals surface area contributed by atoms with Crippen molar-refractivity contribution in [3.8, 4) is 11.5 Å². The van der Waals surface area contributed by atoms with Gasteiger partial charge >= 0.3 is 0 Å². The van der Waals surface area contributed by atoms with Crippen molar-refractivity contribution in [3.63, 3.8) is 0 Å². The maximum atomic E-state index is 10.1. The molecule has 2 atom stereocenters. The molecule has 2 unspecified atom stereocenters. The fourth-order valence-corrected chi connectivity index (χ4v) is 6.45. The predicted molar refractivity (Wildman–Crippen MR) is 101 cm³/mol. The van der Waals surface area contributed by atoms with Gasteiger partial charge in [0.25, 0.3) is 0 Å². The molecule has 25 heavy (non-hydrogen) atoms. The lowest BCUT2D eigenvalue weighted by Crippen LogP contribution is -2.41. The Kier molecular flexibility index (Phi) is 3.79. The molecular formula is C21H25NO2S. The van der Waals surface area contributed by atoms with Gasteiger partial charge < -0.3 is 15.5 Å². The molecule has 3 nitrogen and oxygen atoms in total.